The summed E-state index contributed by atoms with van der Waals surface area (Å²) in [7, 11) is 0. The Kier molecular flexibility index (Phi) is 4.13. The molecular weight excluding hydrogens is 274 g/mol. The van der Waals surface area contributed by atoms with Crippen molar-refractivity contribution in [1.29, 1.82) is 0 Å². The van der Waals surface area contributed by atoms with Crippen molar-refractivity contribution >= 4 is 23.3 Å². The summed E-state index contributed by atoms with van der Waals surface area (Å²) < 4.78 is 0. The Hall–Kier alpha value is -1.43. The smallest absolute Gasteiger partial charge is 0.324 e. The Morgan fingerprint density at radius 3 is 2.60 bits per heavy atom. The number of nitrogens with zero attached hydrogens (tertiary/aromatic N) is 2. The molecule has 0 aliphatic carbocycles. The molecule has 0 bridgehead atoms. The van der Waals surface area contributed by atoms with Crippen molar-refractivity contribution in [2.45, 2.75) is 46.6 Å². The summed E-state index contributed by atoms with van der Waals surface area (Å²) in [5.74, 6) is -0.130. The Morgan fingerprint density at radius 2 is 2.10 bits per heavy atom. The van der Waals surface area contributed by atoms with E-state index in [4.69, 9.17) is 0 Å². The van der Waals surface area contributed by atoms with Gasteiger partial charge < -0.3 is 5.32 Å². The van der Waals surface area contributed by atoms with Crippen molar-refractivity contribution in [3.8, 4) is 0 Å². The summed E-state index contributed by atoms with van der Waals surface area (Å²) >= 11 is 1.64. The van der Waals surface area contributed by atoms with E-state index in [1.165, 1.54) is 9.78 Å². The topological polar surface area (TPSA) is 62.3 Å². The van der Waals surface area contributed by atoms with Gasteiger partial charge in [0.2, 0.25) is 0 Å². The summed E-state index contributed by atoms with van der Waals surface area (Å²) in [4.78, 5) is 31.0. The first-order chi connectivity index (χ1) is 9.32. The molecule has 1 aromatic rings. The van der Waals surface area contributed by atoms with Crippen LogP contribution in [0.25, 0.3) is 0 Å². The molecule has 0 saturated carbocycles. The molecule has 0 unspecified atom stereocenters. The average Bonchev–Trinajstić information content (AvgIpc) is 2.92. The Labute approximate surface area is 123 Å². The van der Waals surface area contributed by atoms with E-state index in [1.54, 1.807) is 11.3 Å². The van der Waals surface area contributed by atoms with Crippen LogP contribution in [-0.4, -0.2) is 34.4 Å². The zero-order valence-electron chi connectivity index (χ0n) is 12.4. The van der Waals surface area contributed by atoms with Gasteiger partial charge >= 0.3 is 6.03 Å². The first kappa shape index (κ1) is 15.0. The third kappa shape index (κ3) is 3.00. The molecule has 2 rings (SSSR count). The highest BCUT2D eigenvalue weighted by Gasteiger charge is 2.43. The molecule has 0 radical (unpaired) electrons. The van der Waals surface area contributed by atoms with E-state index < -0.39 is 6.04 Å². The maximum absolute atomic E-state index is 12.3. The van der Waals surface area contributed by atoms with Crippen molar-refractivity contribution in [3.63, 3.8) is 0 Å². The minimum absolute atomic E-state index is 0.130. The van der Waals surface area contributed by atoms with Gasteiger partial charge in [-0.25, -0.2) is 9.78 Å². The maximum atomic E-state index is 12.3. The molecular formula is C14H21N3O2S. The predicted molar refractivity (Wildman–Crippen MR) is 78.7 cm³/mol. The zero-order valence-corrected chi connectivity index (χ0v) is 13.2. The summed E-state index contributed by atoms with van der Waals surface area (Å²) in [6, 6.07) is -0.723. The number of carbonyl (C=O) groups is 2. The lowest BCUT2D eigenvalue weighted by molar-refractivity contribution is -0.129. The number of urea groups is 1. The van der Waals surface area contributed by atoms with E-state index in [9.17, 15) is 9.59 Å². The van der Waals surface area contributed by atoms with Crippen LogP contribution in [0.5, 0.6) is 0 Å². The fraction of sp³-hybridized carbons (Fsp3) is 0.643. The van der Waals surface area contributed by atoms with Gasteiger partial charge in [0.15, 0.2) is 0 Å². The molecule has 1 fully saturated rings. The zero-order chi connectivity index (χ0) is 14.9. The van der Waals surface area contributed by atoms with Gasteiger partial charge in [0, 0.05) is 24.0 Å². The first-order valence-corrected chi connectivity index (χ1v) is 7.70. The van der Waals surface area contributed by atoms with Crippen LogP contribution in [0, 0.1) is 5.41 Å². The van der Waals surface area contributed by atoms with Gasteiger partial charge in [-0.1, -0.05) is 27.7 Å². The Morgan fingerprint density at radius 1 is 1.40 bits per heavy atom. The van der Waals surface area contributed by atoms with Crippen molar-refractivity contribution in [1.82, 2.24) is 15.2 Å². The van der Waals surface area contributed by atoms with E-state index in [1.807, 2.05) is 27.0 Å². The largest absolute Gasteiger partial charge is 0.325 e. The van der Waals surface area contributed by atoms with E-state index in [2.05, 4.69) is 17.2 Å². The summed E-state index contributed by atoms with van der Waals surface area (Å²) in [6.45, 7) is 8.34. The molecule has 1 saturated heterocycles. The minimum Gasteiger partial charge on any atom is -0.325 e. The van der Waals surface area contributed by atoms with E-state index in [-0.39, 0.29) is 17.4 Å². The van der Waals surface area contributed by atoms with Crippen LogP contribution >= 0.6 is 11.3 Å². The van der Waals surface area contributed by atoms with Gasteiger partial charge in [0.25, 0.3) is 5.91 Å². The van der Waals surface area contributed by atoms with Crippen LogP contribution in [0.1, 0.15) is 37.6 Å². The molecule has 110 valence electrons. The highest BCUT2D eigenvalue weighted by molar-refractivity contribution is 7.11. The average molecular weight is 295 g/mol. The second-order valence-corrected chi connectivity index (χ2v) is 7.26. The SMILES string of the molecule is CCc1cnc(CCN2C(=O)N[C@@H](C(C)(C)C)C2=O)s1. The van der Waals surface area contributed by atoms with Crippen LogP contribution < -0.4 is 5.32 Å². The highest BCUT2D eigenvalue weighted by atomic mass is 32.1. The second kappa shape index (κ2) is 5.52. The molecule has 1 aromatic heterocycles. The number of carbonyl (C=O) groups excluding carboxylic acids is 2. The van der Waals surface area contributed by atoms with E-state index in [0.717, 1.165) is 11.4 Å². The molecule has 20 heavy (non-hydrogen) atoms. The molecule has 2 heterocycles. The van der Waals surface area contributed by atoms with Crippen LogP contribution in [0.15, 0.2) is 6.20 Å². The van der Waals surface area contributed by atoms with Gasteiger partial charge in [-0.05, 0) is 11.8 Å². The van der Waals surface area contributed by atoms with Crippen molar-refractivity contribution < 1.29 is 9.59 Å². The fourth-order valence-electron chi connectivity index (χ4n) is 2.15. The lowest BCUT2D eigenvalue weighted by atomic mass is 9.87. The predicted octanol–water partition coefficient (Wildman–Crippen LogP) is 2.21. The Balaban J connectivity index is 1.99. The molecule has 1 aliphatic rings. The van der Waals surface area contributed by atoms with Crippen LogP contribution in [0.4, 0.5) is 4.79 Å². The van der Waals surface area contributed by atoms with Gasteiger partial charge in [0.1, 0.15) is 6.04 Å². The van der Waals surface area contributed by atoms with Gasteiger partial charge in [-0.3, -0.25) is 9.69 Å². The number of rotatable bonds is 4. The van der Waals surface area contributed by atoms with E-state index in [0.29, 0.717) is 13.0 Å². The number of aromatic nitrogens is 1. The molecule has 3 amide bonds. The van der Waals surface area contributed by atoms with E-state index >= 15 is 0 Å². The fourth-order valence-corrected chi connectivity index (χ4v) is 3.00. The normalized spacial score (nSPS) is 19.6. The minimum atomic E-state index is -0.433. The lowest BCUT2D eigenvalue weighted by Gasteiger charge is -2.24. The van der Waals surface area contributed by atoms with Gasteiger partial charge in [0.05, 0.1) is 5.01 Å². The Bertz CT molecular complexity index is 519. The molecule has 1 atom stereocenters. The molecule has 5 nitrogen and oxygen atoms in total. The van der Waals surface area contributed by atoms with Crippen LogP contribution in [-0.2, 0) is 17.6 Å². The number of amides is 3. The highest BCUT2D eigenvalue weighted by Crippen LogP contribution is 2.25. The quantitative estimate of drug-likeness (QED) is 0.866. The number of aryl methyl sites for hydroxylation is 1. The standard InChI is InChI=1S/C14H21N3O2S/c1-5-9-8-15-10(20-9)6-7-17-12(18)11(14(2,3)4)16-13(17)19/h8,11H,5-7H2,1-4H3,(H,16,19)/t11-/m1/s1. The summed E-state index contributed by atoms with van der Waals surface area (Å²) in [5, 5.41) is 3.74. The third-order valence-electron chi connectivity index (χ3n) is 3.39. The summed E-state index contributed by atoms with van der Waals surface area (Å²) in [6.07, 6.45) is 3.46. The van der Waals surface area contributed by atoms with Crippen molar-refractivity contribution in [3.05, 3.63) is 16.1 Å². The monoisotopic (exact) mass is 295 g/mol. The second-order valence-electron chi connectivity index (χ2n) is 6.06. The van der Waals surface area contributed by atoms with Crippen molar-refractivity contribution in [2.75, 3.05) is 6.54 Å². The number of hydrogen-bond donors (Lipinski definition) is 1. The van der Waals surface area contributed by atoms with Gasteiger partial charge in [-0.2, -0.15) is 0 Å². The summed E-state index contributed by atoms with van der Waals surface area (Å²) in [5.41, 5.74) is -0.266. The lowest BCUT2D eigenvalue weighted by Crippen LogP contribution is -2.41. The number of thiazole rings is 1. The third-order valence-corrected chi connectivity index (χ3v) is 4.59. The first-order valence-electron chi connectivity index (χ1n) is 6.88. The molecule has 0 spiro atoms. The van der Waals surface area contributed by atoms with Crippen molar-refractivity contribution in [2.24, 2.45) is 5.41 Å². The molecule has 1 aliphatic heterocycles. The maximum Gasteiger partial charge on any atom is 0.324 e. The molecule has 6 heteroatoms. The number of imide groups is 1. The van der Waals surface area contributed by atoms with Gasteiger partial charge in [-0.15, -0.1) is 11.3 Å². The number of hydrogen-bond acceptors (Lipinski definition) is 4. The van der Waals surface area contributed by atoms with Crippen LogP contribution in [0.2, 0.25) is 0 Å². The molecule has 1 N–H and O–H groups in total. The van der Waals surface area contributed by atoms with Crippen LogP contribution in [0.3, 0.4) is 0 Å². The molecule has 0 aromatic carbocycles. The number of nitrogens with one attached hydrogen (secondary N) is 1.